The number of rotatable bonds is 6. The van der Waals surface area contributed by atoms with Crippen molar-refractivity contribution in [3.8, 4) is 0 Å². The predicted octanol–water partition coefficient (Wildman–Crippen LogP) is 3.04. The molecule has 0 saturated carbocycles. The van der Waals surface area contributed by atoms with Crippen molar-refractivity contribution in [2.75, 3.05) is 18.2 Å². The van der Waals surface area contributed by atoms with Crippen LogP contribution in [0.2, 0.25) is 0 Å². The van der Waals surface area contributed by atoms with Gasteiger partial charge in [0.1, 0.15) is 11.7 Å². The Kier molecular flexibility index (Phi) is 5.53. The second kappa shape index (κ2) is 8.01. The summed E-state index contributed by atoms with van der Waals surface area (Å²) in [6.07, 6.45) is 0.539. The van der Waals surface area contributed by atoms with Gasteiger partial charge >= 0.3 is 0 Å². The van der Waals surface area contributed by atoms with Gasteiger partial charge in [-0.25, -0.2) is 4.39 Å². The van der Waals surface area contributed by atoms with Crippen molar-refractivity contribution in [3.63, 3.8) is 0 Å². The Morgan fingerprint density at radius 3 is 2.54 bits per heavy atom. The third-order valence-corrected chi connectivity index (χ3v) is 4.17. The van der Waals surface area contributed by atoms with Crippen LogP contribution in [0, 0.1) is 11.7 Å². The fourth-order valence-corrected chi connectivity index (χ4v) is 2.85. The summed E-state index contributed by atoms with van der Waals surface area (Å²) in [6, 6.07) is 15.1. The van der Waals surface area contributed by atoms with Crippen LogP contribution in [0.5, 0.6) is 0 Å². The highest BCUT2D eigenvalue weighted by molar-refractivity contribution is 6.32. The van der Waals surface area contributed by atoms with Gasteiger partial charge in [0.15, 0.2) is 0 Å². The molecule has 1 heterocycles. The van der Waals surface area contributed by atoms with E-state index < -0.39 is 5.92 Å². The molecular weight excluding hydrogens is 333 g/mol. The number of aliphatic hydroxyl groups is 1. The molecule has 3 rings (SSSR count). The van der Waals surface area contributed by atoms with Crippen molar-refractivity contribution in [2.24, 2.45) is 16.0 Å². The second-order valence-electron chi connectivity index (χ2n) is 6.01. The smallest absolute Gasteiger partial charge is 0.262 e. The zero-order valence-electron chi connectivity index (χ0n) is 14.5. The Balaban J connectivity index is 1.99. The second-order valence-corrected chi connectivity index (χ2v) is 6.01. The van der Waals surface area contributed by atoms with E-state index in [4.69, 9.17) is 5.11 Å². The molecule has 0 saturated heterocycles. The molecule has 0 spiro atoms. The van der Waals surface area contributed by atoms with Crippen LogP contribution in [0.4, 0.5) is 10.1 Å². The molecule has 5 nitrogen and oxygen atoms in total. The zero-order chi connectivity index (χ0) is 18.5. The number of halogens is 1. The van der Waals surface area contributed by atoms with E-state index in [1.165, 1.54) is 29.3 Å². The van der Waals surface area contributed by atoms with E-state index in [9.17, 15) is 9.18 Å². The maximum absolute atomic E-state index is 13.2. The summed E-state index contributed by atoms with van der Waals surface area (Å²) in [7, 11) is 0. The van der Waals surface area contributed by atoms with Crippen LogP contribution in [0.3, 0.4) is 0 Å². The van der Waals surface area contributed by atoms with Crippen molar-refractivity contribution in [1.82, 2.24) is 0 Å². The number of benzene rings is 2. The van der Waals surface area contributed by atoms with Gasteiger partial charge in [-0.05, 0) is 43.2 Å². The molecule has 0 fully saturated rings. The minimum Gasteiger partial charge on any atom is -0.396 e. The van der Waals surface area contributed by atoms with Gasteiger partial charge < -0.3 is 5.11 Å². The lowest BCUT2D eigenvalue weighted by molar-refractivity contribution is -0.118. The van der Waals surface area contributed by atoms with Crippen molar-refractivity contribution in [2.45, 2.75) is 13.3 Å². The summed E-state index contributed by atoms with van der Waals surface area (Å²) >= 11 is 0. The van der Waals surface area contributed by atoms with Crippen LogP contribution in [-0.4, -0.2) is 35.6 Å². The fourth-order valence-electron chi connectivity index (χ4n) is 2.85. The van der Waals surface area contributed by atoms with Gasteiger partial charge in [-0.15, -0.1) is 0 Å². The zero-order valence-corrected chi connectivity index (χ0v) is 14.5. The van der Waals surface area contributed by atoms with Gasteiger partial charge in [-0.3, -0.25) is 9.79 Å². The van der Waals surface area contributed by atoms with Gasteiger partial charge in [0.2, 0.25) is 0 Å². The highest BCUT2D eigenvalue weighted by Crippen LogP contribution is 2.28. The molecule has 134 valence electrons. The highest BCUT2D eigenvalue weighted by atomic mass is 19.1. The van der Waals surface area contributed by atoms with Crippen LogP contribution in [0.25, 0.3) is 0 Å². The average molecular weight is 353 g/mol. The Morgan fingerprint density at radius 1 is 1.19 bits per heavy atom. The molecule has 0 aromatic heterocycles. The van der Waals surface area contributed by atoms with Gasteiger partial charge in [-0.2, -0.15) is 10.1 Å². The van der Waals surface area contributed by atoms with E-state index in [1.807, 2.05) is 30.3 Å². The Hall–Kier alpha value is -2.86. The lowest BCUT2D eigenvalue weighted by atomic mass is 9.93. The van der Waals surface area contributed by atoms with Crippen LogP contribution in [0.15, 0.2) is 64.7 Å². The SMILES string of the molecule is CC(=NCCCO)C1C(=O)N(c2ccc(F)cc2)N=C1c1ccccc1. The van der Waals surface area contributed by atoms with Crippen molar-refractivity contribution < 1.29 is 14.3 Å². The lowest BCUT2D eigenvalue weighted by Gasteiger charge is -2.14. The largest absolute Gasteiger partial charge is 0.396 e. The third kappa shape index (κ3) is 3.70. The number of nitrogens with zero attached hydrogens (tertiary/aromatic N) is 3. The van der Waals surface area contributed by atoms with Gasteiger partial charge in [0.05, 0.1) is 11.4 Å². The lowest BCUT2D eigenvalue weighted by Crippen LogP contribution is -2.32. The molecule has 2 aromatic carbocycles. The summed E-state index contributed by atoms with van der Waals surface area (Å²) in [6.45, 7) is 2.30. The molecule has 2 aromatic rings. The molecule has 1 aliphatic rings. The summed E-state index contributed by atoms with van der Waals surface area (Å²) in [5.74, 6) is -1.19. The first-order valence-corrected chi connectivity index (χ1v) is 8.47. The standard InChI is InChI=1S/C20H20FN3O2/c1-14(22-12-5-13-25)18-19(15-6-3-2-4-7-15)23-24(20(18)26)17-10-8-16(21)9-11-17/h2-4,6-11,18,25H,5,12-13H2,1H3. The third-order valence-electron chi connectivity index (χ3n) is 4.17. The Bertz CT molecular complexity index is 832. The maximum Gasteiger partial charge on any atom is 0.262 e. The first-order chi connectivity index (χ1) is 12.6. The molecule has 1 amide bonds. The van der Waals surface area contributed by atoms with Crippen molar-refractivity contribution in [3.05, 3.63) is 66.0 Å². The van der Waals surface area contributed by atoms with E-state index >= 15 is 0 Å². The molecule has 1 aliphatic heterocycles. The minimum atomic E-state index is -0.596. The number of hydrogen-bond acceptors (Lipinski definition) is 4. The summed E-state index contributed by atoms with van der Waals surface area (Å²) < 4.78 is 13.2. The van der Waals surface area contributed by atoms with Crippen LogP contribution in [0.1, 0.15) is 18.9 Å². The van der Waals surface area contributed by atoms with Crippen LogP contribution >= 0.6 is 0 Å². The molecule has 0 radical (unpaired) electrons. The van der Waals surface area contributed by atoms with E-state index in [0.717, 1.165) is 5.56 Å². The van der Waals surface area contributed by atoms with Gasteiger partial charge in [-0.1, -0.05) is 30.3 Å². The average Bonchev–Trinajstić information content (AvgIpc) is 3.00. The summed E-state index contributed by atoms with van der Waals surface area (Å²) in [5, 5.41) is 14.8. The van der Waals surface area contributed by atoms with Crippen LogP contribution in [-0.2, 0) is 4.79 Å². The first kappa shape index (κ1) is 17.9. The van der Waals surface area contributed by atoms with Crippen LogP contribution < -0.4 is 5.01 Å². The molecule has 1 atom stereocenters. The topological polar surface area (TPSA) is 65.3 Å². The Labute approximate surface area is 151 Å². The molecule has 6 heteroatoms. The monoisotopic (exact) mass is 353 g/mol. The summed E-state index contributed by atoms with van der Waals surface area (Å²) in [5.41, 5.74) is 2.61. The number of aliphatic hydroxyl groups excluding tert-OH is 1. The van der Waals surface area contributed by atoms with E-state index in [1.54, 1.807) is 6.92 Å². The number of hydrazone groups is 1. The Morgan fingerprint density at radius 2 is 1.88 bits per heavy atom. The molecule has 1 N–H and O–H groups in total. The fraction of sp³-hybridized carbons (Fsp3) is 0.250. The molecule has 0 aliphatic carbocycles. The molecule has 0 bridgehead atoms. The van der Waals surface area contributed by atoms with Crippen molar-refractivity contribution >= 4 is 23.0 Å². The number of carbonyl (C=O) groups excluding carboxylic acids is 1. The number of carbonyl (C=O) groups is 1. The first-order valence-electron chi connectivity index (χ1n) is 8.47. The maximum atomic E-state index is 13.2. The van der Waals surface area contributed by atoms with E-state index in [2.05, 4.69) is 10.1 Å². The summed E-state index contributed by atoms with van der Waals surface area (Å²) in [4.78, 5) is 17.5. The number of hydrogen-bond donors (Lipinski definition) is 1. The van der Waals surface area contributed by atoms with Gasteiger partial charge in [0, 0.05) is 18.9 Å². The predicted molar refractivity (Wildman–Crippen MR) is 100 cm³/mol. The van der Waals surface area contributed by atoms with Gasteiger partial charge in [0.25, 0.3) is 5.91 Å². The van der Waals surface area contributed by atoms with E-state index in [0.29, 0.717) is 30.1 Å². The molecule has 26 heavy (non-hydrogen) atoms. The number of amides is 1. The van der Waals surface area contributed by atoms with E-state index in [-0.39, 0.29) is 18.3 Å². The highest BCUT2D eigenvalue weighted by Gasteiger charge is 2.39. The minimum absolute atomic E-state index is 0.0523. The quantitative estimate of drug-likeness (QED) is 0.641. The number of aliphatic imine (C=N–C) groups is 1. The number of anilines is 1. The normalized spacial score (nSPS) is 17.6. The molecular formula is C20H20FN3O2. The van der Waals surface area contributed by atoms with Crippen molar-refractivity contribution in [1.29, 1.82) is 0 Å². The molecule has 1 unspecified atom stereocenters.